The van der Waals surface area contributed by atoms with E-state index in [9.17, 15) is 27.5 Å². The Kier molecular flexibility index (Phi) is 7.53. The zero-order valence-electron chi connectivity index (χ0n) is 9.22. The van der Waals surface area contributed by atoms with Gasteiger partial charge in [0, 0.05) is 5.02 Å². The molecule has 0 heterocycles. The Morgan fingerprint density at radius 3 is 2.16 bits per heavy atom. The van der Waals surface area contributed by atoms with Crippen LogP contribution in [0.3, 0.4) is 0 Å². The molecule has 1 rings (SSSR count). The third kappa shape index (κ3) is 4.67. The van der Waals surface area contributed by atoms with Crippen LogP contribution in [0.5, 0.6) is 5.75 Å². The van der Waals surface area contributed by atoms with Gasteiger partial charge in [-0.05, 0) is 18.2 Å². The summed E-state index contributed by atoms with van der Waals surface area (Å²) in [4.78, 5) is 9.92. The Labute approximate surface area is 173 Å². The average molecular weight is 439 g/mol. The predicted molar refractivity (Wildman–Crippen MR) is 52.0 cm³/mol. The summed E-state index contributed by atoms with van der Waals surface area (Å²) in [6.45, 7) is 0. The van der Waals surface area contributed by atoms with Crippen molar-refractivity contribution in [1.82, 2.24) is 0 Å². The number of rotatable bonds is 4. The molecule has 3 nitrogen and oxygen atoms in total. The van der Waals surface area contributed by atoms with E-state index in [0.717, 1.165) is 18.2 Å². The van der Waals surface area contributed by atoms with E-state index in [2.05, 4.69) is 4.74 Å². The number of halogens is 6. The van der Waals surface area contributed by atoms with Gasteiger partial charge in [0.1, 0.15) is 11.7 Å². The fourth-order valence-electron chi connectivity index (χ4n) is 0.879. The molecule has 0 aliphatic rings. The quantitative estimate of drug-likeness (QED) is 0.587. The van der Waals surface area contributed by atoms with Crippen LogP contribution < -0.4 is 78.7 Å². The minimum atomic E-state index is -5.50. The van der Waals surface area contributed by atoms with Gasteiger partial charge in [0.05, 0.1) is 5.02 Å². The van der Waals surface area contributed by atoms with E-state index in [1.165, 1.54) is 0 Å². The van der Waals surface area contributed by atoms with Crippen LogP contribution in [0, 0.1) is 0 Å². The maximum atomic E-state index is 12.9. The van der Waals surface area contributed by atoms with Crippen molar-refractivity contribution in [3.05, 3.63) is 28.2 Å². The van der Waals surface area contributed by atoms with Gasteiger partial charge in [-0.2, -0.15) is 17.6 Å². The van der Waals surface area contributed by atoms with Crippen molar-refractivity contribution < 1.29 is 101 Å². The second-order valence-electron chi connectivity index (χ2n) is 3.06. The smallest absolute Gasteiger partial charge is 0.544 e. The zero-order valence-corrected chi connectivity index (χ0v) is 17.0. The fourth-order valence-corrected chi connectivity index (χ4v) is 1.33. The summed E-state index contributed by atoms with van der Waals surface area (Å²) in [6.07, 6.45) is -5.32. The second kappa shape index (κ2) is 7.21. The summed E-state index contributed by atoms with van der Waals surface area (Å²) in [6, 6.07) is 2.81. The number of carbonyl (C=O) groups is 1. The molecule has 0 aliphatic carbocycles. The standard InChI is InChI=1S/C9H4Cl2F4O3.Cs/c10-4-1-2-6(5(11)3-4)18-9(14,15)8(12,13)7(16)17;/h1-3H,(H,16,17);/q;+1/p-1. The van der Waals surface area contributed by atoms with Crippen LogP contribution in [0.4, 0.5) is 17.6 Å². The van der Waals surface area contributed by atoms with Crippen molar-refractivity contribution in [2.45, 2.75) is 12.0 Å². The van der Waals surface area contributed by atoms with E-state index in [1.807, 2.05) is 0 Å². The van der Waals surface area contributed by atoms with Gasteiger partial charge in [-0.15, -0.1) is 0 Å². The Hall–Kier alpha value is 0.842. The summed E-state index contributed by atoms with van der Waals surface area (Å²) in [5.41, 5.74) is 0. The minimum Gasteiger partial charge on any atom is -0.544 e. The number of carboxylic acid groups (broad SMARTS) is 1. The maximum Gasteiger partial charge on any atom is 1.00 e. The number of carboxylic acids is 1. The molecule has 0 unspecified atom stereocenters. The summed E-state index contributed by atoms with van der Waals surface area (Å²) in [7, 11) is 0. The number of hydrogen-bond donors (Lipinski definition) is 0. The molecule has 0 atom stereocenters. The average Bonchev–Trinajstić information content (AvgIpc) is 2.21. The Morgan fingerprint density at radius 1 is 1.21 bits per heavy atom. The molecular weight excluding hydrogens is 436 g/mol. The number of aliphatic carboxylic acids is 1. The summed E-state index contributed by atoms with van der Waals surface area (Å²) < 4.78 is 54.7. The first-order valence-corrected chi connectivity index (χ1v) is 4.94. The molecule has 0 saturated heterocycles. The number of ether oxygens (including phenoxy) is 1. The third-order valence-corrected chi connectivity index (χ3v) is 2.28. The van der Waals surface area contributed by atoms with Crippen molar-refractivity contribution in [2.75, 3.05) is 0 Å². The summed E-state index contributed by atoms with van der Waals surface area (Å²) >= 11 is 10.9. The van der Waals surface area contributed by atoms with Crippen molar-refractivity contribution >= 4 is 29.2 Å². The molecule has 1 aromatic rings. The molecule has 0 aliphatic heterocycles. The first kappa shape index (κ1) is 19.8. The molecular formula is C9H3Cl2CsF4O3. The first-order chi connectivity index (χ1) is 8.08. The van der Waals surface area contributed by atoms with Crippen LogP contribution in [0.15, 0.2) is 18.2 Å². The van der Waals surface area contributed by atoms with E-state index in [4.69, 9.17) is 23.2 Å². The van der Waals surface area contributed by atoms with Gasteiger partial charge in [0.25, 0.3) is 0 Å². The van der Waals surface area contributed by atoms with E-state index in [0.29, 0.717) is 0 Å². The minimum absolute atomic E-state index is 0. The maximum absolute atomic E-state index is 12.9. The van der Waals surface area contributed by atoms with Crippen molar-refractivity contribution in [1.29, 1.82) is 0 Å². The van der Waals surface area contributed by atoms with Crippen LogP contribution >= 0.6 is 23.2 Å². The third-order valence-electron chi connectivity index (χ3n) is 1.75. The van der Waals surface area contributed by atoms with Gasteiger partial charge in [-0.3, -0.25) is 0 Å². The molecule has 0 saturated carbocycles. The summed E-state index contributed by atoms with van der Waals surface area (Å²) in [5, 5.41) is 9.50. The molecule has 0 spiro atoms. The zero-order chi connectivity index (χ0) is 14.1. The Morgan fingerprint density at radius 2 is 1.74 bits per heavy atom. The molecule has 100 valence electrons. The van der Waals surface area contributed by atoms with Crippen molar-refractivity contribution in [2.24, 2.45) is 0 Å². The van der Waals surface area contributed by atoms with Gasteiger partial charge in [-0.25, -0.2) is 0 Å². The van der Waals surface area contributed by atoms with Crippen molar-refractivity contribution in [3.63, 3.8) is 0 Å². The number of carbonyl (C=O) groups excluding carboxylic acids is 1. The number of hydrogen-bond acceptors (Lipinski definition) is 3. The van der Waals surface area contributed by atoms with E-state index in [1.54, 1.807) is 0 Å². The van der Waals surface area contributed by atoms with Gasteiger partial charge < -0.3 is 14.6 Å². The van der Waals surface area contributed by atoms with Crippen molar-refractivity contribution in [3.8, 4) is 5.75 Å². The molecule has 19 heavy (non-hydrogen) atoms. The fraction of sp³-hybridized carbons (Fsp3) is 0.222. The second-order valence-corrected chi connectivity index (χ2v) is 3.90. The molecule has 10 heteroatoms. The molecule has 0 aromatic heterocycles. The number of benzene rings is 1. The van der Waals surface area contributed by atoms with Gasteiger partial charge >= 0.3 is 80.9 Å². The van der Waals surface area contributed by atoms with Gasteiger partial charge in [0.15, 0.2) is 0 Å². The summed E-state index contributed by atoms with van der Waals surface area (Å²) in [5.74, 6) is -9.61. The van der Waals surface area contributed by atoms with Gasteiger partial charge in [-0.1, -0.05) is 23.2 Å². The van der Waals surface area contributed by atoms with E-state index < -0.39 is 28.8 Å². The van der Waals surface area contributed by atoms with Crippen LogP contribution in [0.2, 0.25) is 10.0 Å². The van der Waals surface area contributed by atoms with Gasteiger partial charge in [0.2, 0.25) is 0 Å². The SMILES string of the molecule is O=C([O-])C(F)(F)C(F)(F)Oc1ccc(Cl)cc1Cl.[Cs+]. The molecule has 1 aromatic carbocycles. The normalized spacial score (nSPS) is 11.7. The van der Waals surface area contributed by atoms with Crippen LogP contribution in [-0.2, 0) is 4.79 Å². The van der Waals surface area contributed by atoms with Crippen LogP contribution in [0.25, 0.3) is 0 Å². The first-order valence-electron chi connectivity index (χ1n) is 4.19. The van der Waals surface area contributed by atoms with Crippen LogP contribution in [0.1, 0.15) is 0 Å². The van der Waals surface area contributed by atoms with E-state index in [-0.39, 0.29) is 73.9 Å². The predicted octanol–water partition coefficient (Wildman–Crippen LogP) is -0.646. The molecule has 0 fully saturated rings. The monoisotopic (exact) mass is 438 g/mol. The Bertz CT molecular complexity index is 485. The Balaban J connectivity index is 0.00000324. The molecule has 0 N–H and O–H groups in total. The van der Waals surface area contributed by atoms with Crippen LogP contribution in [-0.4, -0.2) is 18.0 Å². The topological polar surface area (TPSA) is 49.4 Å². The number of alkyl halides is 4. The van der Waals surface area contributed by atoms with E-state index >= 15 is 0 Å². The molecule has 0 bridgehead atoms. The molecule has 0 amide bonds. The largest absolute Gasteiger partial charge is 1.00 e. The molecule has 0 radical (unpaired) electrons.